The molecule has 0 saturated carbocycles. The number of aliphatic carboxylic acids is 1. The topological polar surface area (TPSA) is 92.4 Å². The van der Waals surface area contributed by atoms with Crippen LogP contribution in [0.2, 0.25) is 0 Å². The van der Waals surface area contributed by atoms with Gasteiger partial charge in [-0.2, -0.15) is 13.2 Å². The van der Waals surface area contributed by atoms with Crippen molar-refractivity contribution in [3.63, 3.8) is 0 Å². The molecule has 1 aromatic rings. The number of carboxylic acids is 1. The number of hydrogen-bond acceptors (Lipinski definition) is 4. The summed E-state index contributed by atoms with van der Waals surface area (Å²) >= 11 is 0. The van der Waals surface area contributed by atoms with Gasteiger partial charge in [0.15, 0.2) is 6.39 Å². The zero-order chi connectivity index (χ0) is 13.1. The maximum absolute atomic E-state index is 11.9. The van der Waals surface area contributed by atoms with Gasteiger partial charge in [-0.1, -0.05) is 0 Å². The Hall–Kier alpha value is -2.06. The van der Waals surface area contributed by atoms with Crippen LogP contribution in [0.4, 0.5) is 13.2 Å². The SMILES string of the molecule is O=C(O)C(Cc1cocn1)NC(=O)C(F)(F)F. The first kappa shape index (κ1) is 13.0. The number of aromatic nitrogens is 1. The summed E-state index contributed by atoms with van der Waals surface area (Å²) in [5.41, 5.74) is 0.125. The molecule has 17 heavy (non-hydrogen) atoms. The molecule has 9 heteroatoms. The lowest BCUT2D eigenvalue weighted by Gasteiger charge is -2.14. The van der Waals surface area contributed by atoms with E-state index in [9.17, 15) is 22.8 Å². The van der Waals surface area contributed by atoms with Gasteiger partial charge in [-0.25, -0.2) is 9.78 Å². The molecule has 1 rings (SSSR count). The van der Waals surface area contributed by atoms with Crippen molar-refractivity contribution < 1.29 is 32.3 Å². The molecule has 94 valence electrons. The minimum absolute atomic E-state index is 0.125. The van der Waals surface area contributed by atoms with Gasteiger partial charge in [-0.3, -0.25) is 4.79 Å². The van der Waals surface area contributed by atoms with E-state index >= 15 is 0 Å². The number of nitrogens with one attached hydrogen (secondary N) is 1. The molecule has 0 bridgehead atoms. The fourth-order valence-corrected chi connectivity index (χ4v) is 0.988. The summed E-state index contributed by atoms with van der Waals surface area (Å²) in [6.45, 7) is 0. The normalized spacial score (nSPS) is 13.1. The van der Waals surface area contributed by atoms with E-state index in [-0.39, 0.29) is 5.69 Å². The number of carbonyl (C=O) groups is 2. The first-order chi connectivity index (χ1) is 7.80. The maximum Gasteiger partial charge on any atom is 0.471 e. The van der Waals surface area contributed by atoms with Crippen LogP contribution in [0.1, 0.15) is 5.69 Å². The third kappa shape index (κ3) is 3.78. The predicted molar refractivity (Wildman–Crippen MR) is 45.8 cm³/mol. The number of nitrogens with zero attached hydrogens (tertiary/aromatic N) is 1. The molecule has 1 unspecified atom stereocenters. The number of alkyl halides is 3. The summed E-state index contributed by atoms with van der Waals surface area (Å²) in [5.74, 6) is -3.90. The van der Waals surface area contributed by atoms with Gasteiger partial charge in [0.25, 0.3) is 0 Å². The number of rotatable bonds is 4. The highest BCUT2D eigenvalue weighted by atomic mass is 19.4. The van der Waals surface area contributed by atoms with E-state index in [1.54, 1.807) is 0 Å². The van der Waals surface area contributed by atoms with Gasteiger partial charge in [0.1, 0.15) is 12.3 Å². The van der Waals surface area contributed by atoms with E-state index in [1.165, 1.54) is 5.32 Å². The summed E-state index contributed by atoms with van der Waals surface area (Å²) in [6, 6.07) is -1.71. The molecule has 0 spiro atoms. The van der Waals surface area contributed by atoms with Crippen LogP contribution in [-0.2, 0) is 16.0 Å². The predicted octanol–water partition coefficient (Wildman–Crippen LogP) is 0.349. The second-order valence-corrected chi connectivity index (χ2v) is 3.05. The minimum Gasteiger partial charge on any atom is -0.480 e. The molecular weight excluding hydrogens is 245 g/mol. The van der Waals surface area contributed by atoms with Gasteiger partial charge in [-0.15, -0.1) is 0 Å². The number of halogens is 3. The molecule has 6 nitrogen and oxygen atoms in total. The van der Waals surface area contributed by atoms with Gasteiger partial charge >= 0.3 is 18.1 Å². The van der Waals surface area contributed by atoms with E-state index in [0.717, 1.165) is 12.7 Å². The van der Waals surface area contributed by atoms with Gasteiger partial charge in [0, 0.05) is 6.42 Å². The number of carboxylic acid groups (broad SMARTS) is 1. The van der Waals surface area contributed by atoms with Crippen molar-refractivity contribution in [3.05, 3.63) is 18.4 Å². The van der Waals surface area contributed by atoms with Gasteiger partial charge in [-0.05, 0) is 0 Å². The Morgan fingerprint density at radius 1 is 1.53 bits per heavy atom. The lowest BCUT2D eigenvalue weighted by molar-refractivity contribution is -0.175. The van der Waals surface area contributed by atoms with Crippen molar-refractivity contribution in [1.29, 1.82) is 0 Å². The van der Waals surface area contributed by atoms with Crippen LogP contribution in [0.25, 0.3) is 0 Å². The van der Waals surface area contributed by atoms with Gasteiger partial charge < -0.3 is 14.8 Å². The van der Waals surface area contributed by atoms with Crippen LogP contribution in [0.5, 0.6) is 0 Å². The Morgan fingerprint density at radius 3 is 2.59 bits per heavy atom. The van der Waals surface area contributed by atoms with Crippen LogP contribution in [0.15, 0.2) is 17.1 Å². The molecule has 0 fully saturated rings. The van der Waals surface area contributed by atoms with Gasteiger partial charge in [0.2, 0.25) is 0 Å². The Kier molecular flexibility index (Phi) is 3.71. The van der Waals surface area contributed by atoms with Crippen LogP contribution >= 0.6 is 0 Å². The molecule has 0 aliphatic carbocycles. The number of amides is 1. The van der Waals surface area contributed by atoms with Crippen molar-refractivity contribution in [2.24, 2.45) is 0 Å². The fraction of sp³-hybridized carbons (Fsp3) is 0.375. The van der Waals surface area contributed by atoms with E-state index in [4.69, 9.17) is 5.11 Å². The molecule has 2 N–H and O–H groups in total. The Balaban J connectivity index is 2.68. The first-order valence-corrected chi connectivity index (χ1v) is 4.28. The Labute approximate surface area is 92.4 Å². The van der Waals surface area contributed by atoms with Crippen molar-refractivity contribution in [1.82, 2.24) is 10.3 Å². The second kappa shape index (κ2) is 4.85. The van der Waals surface area contributed by atoms with E-state index in [1.807, 2.05) is 0 Å². The molecular formula is C8H7F3N2O4. The number of oxazole rings is 1. The average molecular weight is 252 g/mol. The molecule has 0 radical (unpaired) electrons. The van der Waals surface area contributed by atoms with Crippen LogP contribution in [0, 0.1) is 0 Å². The highest BCUT2D eigenvalue weighted by molar-refractivity contribution is 5.87. The molecule has 1 atom stereocenters. The van der Waals surface area contributed by atoms with Crippen molar-refractivity contribution in [2.75, 3.05) is 0 Å². The third-order valence-electron chi connectivity index (χ3n) is 1.76. The van der Waals surface area contributed by atoms with Crippen molar-refractivity contribution >= 4 is 11.9 Å². The smallest absolute Gasteiger partial charge is 0.471 e. The quantitative estimate of drug-likeness (QED) is 0.806. The van der Waals surface area contributed by atoms with Crippen LogP contribution in [-0.4, -0.2) is 34.2 Å². The summed E-state index contributed by atoms with van der Waals surface area (Å²) in [5, 5.41) is 10.00. The molecule has 1 amide bonds. The van der Waals surface area contributed by atoms with Crippen LogP contribution in [0.3, 0.4) is 0 Å². The Bertz CT molecular complexity index is 401. The van der Waals surface area contributed by atoms with Crippen molar-refractivity contribution in [3.8, 4) is 0 Å². The molecule has 0 aliphatic heterocycles. The third-order valence-corrected chi connectivity index (χ3v) is 1.76. The summed E-state index contributed by atoms with van der Waals surface area (Å²) in [7, 11) is 0. The fourth-order valence-electron chi connectivity index (χ4n) is 0.988. The number of carbonyl (C=O) groups excluding carboxylic acids is 1. The first-order valence-electron chi connectivity index (χ1n) is 4.28. The van der Waals surface area contributed by atoms with E-state index in [2.05, 4.69) is 9.40 Å². The zero-order valence-corrected chi connectivity index (χ0v) is 8.19. The van der Waals surface area contributed by atoms with Crippen molar-refractivity contribution in [2.45, 2.75) is 18.6 Å². The van der Waals surface area contributed by atoms with Crippen LogP contribution < -0.4 is 5.32 Å². The summed E-state index contributed by atoms with van der Waals surface area (Å²) in [4.78, 5) is 24.8. The lowest BCUT2D eigenvalue weighted by Crippen LogP contribution is -2.47. The largest absolute Gasteiger partial charge is 0.480 e. The minimum atomic E-state index is -5.13. The standard InChI is InChI=1S/C8H7F3N2O4/c9-8(10,11)7(16)13-5(6(14)15)1-4-2-17-3-12-4/h2-3,5H,1H2,(H,13,16)(H,14,15). The van der Waals surface area contributed by atoms with E-state index in [0.29, 0.717) is 0 Å². The highest BCUT2D eigenvalue weighted by Crippen LogP contribution is 2.15. The number of hydrogen-bond donors (Lipinski definition) is 2. The molecule has 0 saturated heterocycles. The van der Waals surface area contributed by atoms with E-state index < -0.39 is 30.5 Å². The maximum atomic E-state index is 11.9. The monoisotopic (exact) mass is 252 g/mol. The highest BCUT2D eigenvalue weighted by Gasteiger charge is 2.40. The second-order valence-electron chi connectivity index (χ2n) is 3.05. The molecule has 1 heterocycles. The van der Waals surface area contributed by atoms with Gasteiger partial charge in [0.05, 0.1) is 5.69 Å². The summed E-state index contributed by atoms with van der Waals surface area (Å²) in [6.07, 6.45) is -3.44. The Morgan fingerprint density at radius 2 is 2.18 bits per heavy atom. The zero-order valence-electron chi connectivity index (χ0n) is 8.19. The molecule has 0 aliphatic rings. The summed E-state index contributed by atoms with van der Waals surface area (Å²) < 4.78 is 40.3. The lowest BCUT2D eigenvalue weighted by atomic mass is 10.1. The molecule has 1 aromatic heterocycles. The average Bonchev–Trinajstić information content (AvgIpc) is 2.67. The molecule has 0 aromatic carbocycles.